The summed E-state index contributed by atoms with van der Waals surface area (Å²) in [5.41, 5.74) is -1.22. The zero-order chi connectivity index (χ0) is 43.6. The van der Waals surface area contributed by atoms with Gasteiger partial charge in [-0.25, -0.2) is 32.0 Å². The summed E-state index contributed by atoms with van der Waals surface area (Å²) in [6.07, 6.45) is 0.503. The van der Waals surface area contributed by atoms with Crippen molar-refractivity contribution in [2.24, 2.45) is 23.2 Å². The summed E-state index contributed by atoms with van der Waals surface area (Å²) < 4.78 is 68.3. The second-order valence-corrected chi connectivity index (χ2v) is 21.5. The standard InChI is InChI=1S/C44H56F2N6O8S/c1-24-15-18-33-27(24)12-7-6-8-14-31-38(48-34-28-13-10-9-11-25(28)16-17-30(34)47-31)59-26-21-32(52(23-26)39(54)35(42(2,3)4)49-41(56)60-33)37(53)50-44(22-29(44)36(45)46)40(55)51-61(57,58)43(5)19-20-43/h9-11,13,16-17,24,26-27,29,32-33,35-36H,6-8,12,14-15,18-23H2,1-5H3,(H,49,56)(H,50,53)(H,51,55)/t24-,26+,27+,29?,32-,33+,35+,44+/m0/s1. The number of sulfonamides is 1. The van der Waals surface area contributed by atoms with Crippen LogP contribution in [0.2, 0.25) is 0 Å². The molecule has 1 unspecified atom stereocenters. The largest absolute Gasteiger partial charge is 0.471 e. The molecule has 61 heavy (non-hydrogen) atoms. The minimum atomic E-state index is -4.24. The van der Waals surface area contributed by atoms with Crippen molar-refractivity contribution < 1.29 is 45.9 Å². The Morgan fingerprint density at radius 3 is 2.46 bits per heavy atom. The van der Waals surface area contributed by atoms with Crippen LogP contribution in [-0.4, -0.2) is 94.6 Å². The summed E-state index contributed by atoms with van der Waals surface area (Å²) in [6, 6.07) is 9.10. The van der Waals surface area contributed by atoms with Crippen LogP contribution in [0.4, 0.5) is 13.6 Å². The molecule has 1 saturated heterocycles. The predicted molar refractivity (Wildman–Crippen MR) is 222 cm³/mol. The SMILES string of the molecule is C[C@H]1CC[C@H]2OC(=O)N[C@@H](C(C)(C)C)C(=O)N3C[C@@H](C[C@H]3C(=O)N[C@]3(C(=O)NS(=O)(=O)C4(C)CC4)CC3C(F)F)Oc3nc4c(ccc5ccccc54)nc3CCCCC[C@H]12. The van der Waals surface area contributed by atoms with Crippen LogP contribution in [0.3, 0.4) is 0 Å². The van der Waals surface area contributed by atoms with Crippen molar-refractivity contribution in [1.82, 2.24) is 30.2 Å². The molecule has 0 radical (unpaired) electrons. The summed E-state index contributed by atoms with van der Waals surface area (Å²) in [6.45, 7) is 8.75. The van der Waals surface area contributed by atoms with E-state index in [1.807, 2.05) is 41.1 Å². The maximum Gasteiger partial charge on any atom is 0.408 e. The normalized spacial score (nSPS) is 30.6. The molecule has 3 aromatic rings. The zero-order valence-electron chi connectivity index (χ0n) is 35.3. The van der Waals surface area contributed by atoms with Crippen molar-refractivity contribution >= 4 is 55.6 Å². The zero-order valence-corrected chi connectivity index (χ0v) is 36.2. The number of aromatic nitrogens is 2. The highest BCUT2D eigenvalue weighted by molar-refractivity contribution is 7.91. The molecule has 2 aliphatic heterocycles. The van der Waals surface area contributed by atoms with E-state index in [4.69, 9.17) is 19.4 Å². The van der Waals surface area contributed by atoms with Crippen LogP contribution in [0.5, 0.6) is 5.88 Å². The van der Waals surface area contributed by atoms with E-state index in [0.29, 0.717) is 48.3 Å². The van der Waals surface area contributed by atoms with Crippen LogP contribution in [0.15, 0.2) is 36.4 Å². The van der Waals surface area contributed by atoms with Gasteiger partial charge in [0.2, 0.25) is 34.1 Å². The Morgan fingerprint density at radius 1 is 1.00 bits per heavy atom. The monoisotopic (exact) mass is 866 g/mol. The van der Waals surface area contributed by atoms with Crippen LogP contribution < -0.4 is 20.1 Å². The van der Waals surface area contributed by atoms with Crippen molar-refractivity contribution in [2.45, 2.75) is 146 Å². The molecule has 3 saturated carbocycles. The maximum atomic E-state index is 14.9. The summed E-state index contributed by atoms with van der Waals surface area (Å²) >= 11 is 0. The van der Waals surface area contributed by atoms with E-state index in [-0.39, 0.29) is 30.9 Å². The van der Waals surface area contributed by atoms with Gasteiger partial charge in [0.15, 0.2) is 0 Å². The Kier molecular flexibility index (Phi) is 11.2. The first-order chi connectivity index (χ1) is 28.8. The van der Waals surface area contributed by atoms with Gasteiger partial charge in [0.05, 0.1) is 22.7 Å². The Labute approximate surface area is 354 Å². The van der Waals surface area contributed by atoms with Gasteiger partial charge in [-0.2, -0.15) is 0 Å². The third kappa shape index (κ3) is 8.34. The van der Waals surface area contributed by atoms with Gasteiger partial charge >= 0.3 is 6.09 Å². The lowest BCUT2D eigenvalue weighted by molar-refractivity contribution is -0.143. The molecule has 330 valence electrons. The average molecular weight is 867 g/mol. The van der Waals surface area contributed by atoms with Crippen LogP contribution >= 0.6 is 0 Å². The second kappa shape index (κ2) is 15.9. The topological polar surface area (TPSA) is 186 Å². The Morgan fingerprint density at radius 2 is 1.75 bits per heavy atom. The summed E-state index contributed by atoms with van der Waals surface area (Å²) in [7, 11) is -4.24. The van der Waals surface area contributed by atoms with Crippen molar-refractivity contribution in [3.8, 4) is 5.88 Å². The highest BCUT2D eigenvalue weighted by atomic mass is 32.2. The third-order valence-electron chi connectivity index (χ3n) is 13.8. The van der Waals surface area contributed by atoms with E-state index < -0.39 is 86.5 Å². The molecule has 3 N–H and O–H groups in total. The number of amides is 4. The van der Waals surface area contributed by atoms with Crippen molar-refractivity contribution in [1.29, 1.82) is 0 Å². The van der Waals surface area contributed by atoms with Gasteiger partial charge < -0.3 is 25.0 Å². The number of carbonyl (C=O) groups excluding carboxylic acids is 4. The third-order valence-corrected chi connectivity index (χ3v) is 16.0. The van der Waals surface area contributed by atoms with E-state index in [9.17, 15) is 36.4 Å². The number of carbonyl (C=O) groups is 4. The molecule has 5 aliphatic rings. The first kappa shape index (κ1) is 43.0. The number of halogens is 2. The van der Waals surface area contributed by atoms with Gasteiger partial charge in [0.1, 0.15) is 41.0 Å². The molecule has 1 aromatic heterocycles. The fourth-order valence-corrected chi connectivity index (χ4v) is 10.8. The number of nitrogens with zero attached hydrogens (tertiary/aromatic N) is 3. The minimum Gasteiger partial charge on any atom is -0.471 e. The van der Waals surface area contributed by atoms with Gasteiger partial charge in [-0.3, -0.25) is 19.1 Å². The molecule has 14 nitrogen and oxygen atoms in total. The average Bonchev–Trinajstić information content (AvgIpc) is 4.06. The number of alkyl carbamates (subject to hydrolysis) is 1. The van der Waals surface area contributed by atoms with Crippen molar-refractivity contribution in [3.05, 3.63) is 42.1 Å². The summed E-state index contributed by atoms with van der Waals surface area (Å²) in [5.74, 6) is -3.77. The lowest BCUT2D eigenvalue weighted by Crippen LogP contribution is -2.60. The molecule has 4 fully saturated rings. The molecule has 8 atom stereocenters. The molecular weight excluding hydrogens is 811 g/mol. The first-order valence-corrected chi connectivity index (χ1v) is 23.1. The number of alkyl halides is 2. The predicted octanol–water partition coefficient (Wildman–Crippen LogP) is 5.94. The molecule has 17 heteroatoms. The highest BCUT2D eigenvalue weighted by Crippen LogP contribution is 2.49. The van der Waals surface area contributed by atoms with Gasteiger partial charge in [-0.05, 0) is 87.0 Å². The number of rotatable bonds is 6. The second-order valence-electron chi connectivity index (χ2n) is 19.3. The van der Waals surface area contributed by atoms with Crippen molar-refractivity contribution in [2.75, 3.05) is 6.54 Å². The number of aryl methyl sites for hydroxylation is 1. The van der Waals surface area contributed by atoms with Crippen LogP contribution in [0.25, 0.3) is 21.8 Å². The van der Waals surface area contributed by atoms with E-state index in [1.165, 1.54) is 11.8 Å². The molecule has 4 amide bonds. The number of hydrogen-bond acceptors (Lipinski definition) is 10. The summed E-state index contributed by atoms with van der Waals surface area (Å²) in [4.78, 5) is 68.0. The number of ether oxygens (including phenoxy) is 2. The lowest BCUT2D eigenvalue weighted by Gasteiger charge is -2.35. The molecule has 2 bridgehead atoms. The van der Waals surface area contributed by atoms with E-state index in [0.717, 1.165) is 42.9 Å². The lowest BCUT2D eigenvalue weighted by atomic mass is 9.85. The van der Waals surface area contributed by atoms with Gasteiger partial charge in [0.25, 0.3) is 5.91 Å². The van der Waals surface area contributed by atoms with Gasteiger partial charge in [-0.15, -0.1) is 0 Å². The molecule has 8 rings (SSSR count). The fraction of sp³-hybridized carbons (Fsp3) is 0.636. The van der Waals surface area contributed by atoms with Crippen LogP contribution in [0.1, 0.15) is 105 Å². The number of benzene rings is 2. The van der Waals surface area contributed by atoms with Crippen LogP contribution in [0, 0.1) is 23.2 Å². The summed E-state index contributed by atoms with van der Waals surface area (Å²) in [5, 5.41) is 7.11. The van der Waals surface area contributed by atoms with Crippen molar-refractivity contribution in [3.63, 3.8) is 0 Å². The Balaban J connectivity index is 1.16. The quantitative estimate of drug-likeness (QED) is 0.251. The number of fused-ring (bicyclic) bond motifs is 7. The Bertz CT molecular complexity index is 2350. The van der Waals surface area contributed by atoms with Gasteiger partial charge in [0, 0.05) is 11.8 Å². The molecule has 2 aromatic carbocycles. The minimum absolute atomic E-state index is 0.136. The highest BCUT2D eigenvalue weighted by Gasteiger charge is 2.67. The Hall–Kier alpha value is -4.67. The van der Waals surface area contributed by atoms with E-state index >= 15 is 0 Å². The molecular formula is C44H56F2N6O8S. The molecule has 0 spiro atoms. The van der Waals surface area contributed by atoms with E-state index in [1.54, 1.807) is 20.8 Å². The van der Waals surface area contributed by atoms with Crippen LogP contribution in [-0.2, 0) is 35.6 Å². The van der Waals surface area contributed by atoms with E-state index in [2.05, 4.69) is 17.6 Å². The number of nitrogens with one attached hydrogen (secondary N) is 3. The first-order valence-electron chi connectivity index (χ1n) is 21.6. The van der Waals surface area contributed by atoms with Gasteiger partial charge in [-0.1, -0.05) is 70.9 Å². The molecule has 3 heterocycles. The number of hydrogen-bond donors (Lipinski definition) is 3. The molecule has 3 aliphatic carbocycles. The maximum absolute atomic E-state index is 14.9. The smallest absolute Gasteiger partial charge is 0.408 e. The fourth-order valence-electron chi connectivity index (χ4n) is 9.53.